The molecule has 4 nitrogen and oxygen atoms in total. The zero-order valence-corrected chi connectivity index (χ0v) is 13.4. The second kappa shape index (κ2) is 5.29. The van der Waals surface area contributed by atoms with Crippen LogP contribution in [0, 0.1) is 5.41 Å². The molecule has 21 heavy (non-hydrogen) atoms. The van der Waals surface area contributed by atoms with Gasteiger partial charge in [0.05, 0.1) is 0 Å². The van der Waals surface area contributed by atoms with E-state index in [2.05, 4.69) is 12.2 Å². The van der Waals surface area contributed by atoms with E-state index < -0.39 is 5.54 Å². The number of nitrogens with zero attached hydrogens (tertiary/aromatic N) is 1. The van der Waals surface area contributed by atoms with E-state index in [9.17, 15) is 9.59 Å². The highest BCUT2D eigenvalue weighted by atomic mass is 16.2. The Balaban J connectivity index is 1.82. The van der Waals surface area contributed by atoms with Gasteiger partial charge in [0.15, 0.2) is 0 Å². The van der Waals surface area contributed by atoms with Gasteiger partial charge in [0, 0.05) is 6.54 Å². The largest absolute Gasteiger partial charge is 0.340 e. The van der Waals surface area contributed by atoms with Crippen LogP contribution >= 0.6 is 0 Å². The Labute approximate surface area is 127 Å². The number of rotatable bonds is 2. The molecule has 2 aliphatic carbocycles. The van der Waals surface area contributed by atoms with Crippen LogP contribution in [0.15, 0.2) is 0 Å². The number of carbonyl (C=O) groups excluding carboxylic acids is 2. The minimum Gasteiger partial charge on any atom is -0.340 e. The van der Waals surface area contributed by atoms with Crippen LogP contribution in [0.5, 0.6) is 0 Å². The zero-order chi connectivity index (χ0) is 15.1. The van der Waals surface area contributed by atoms with E-state index in [0.717, 1.165) is 32.2 Å². The van der Waals surface area contributed by atoms with Crippen molar-refractivity contribution in [3.05, 3.63) is 0 Å². The van der Waals surface area contributed by atoms with Crippen molar-refractivity contribution in [3.63, 3.8) is 0 Å². The van der Waals surface area contributed by atoms with E-state index in [4.69, 9.17) is 0 Å². The maximum Gasteiger partial charge on any atom is 0.249 e. The lowest BCUT2D eigenvalue weighted by atomic mass is 9.77. The average Bonchev–Trinajstić information content (AvgIpc) is 2.90. The molecule has 2 amide bonds. The summed E-state index contributed by atoms with van der Waals surface area (Å²) >= 11 is 0. The molecule has 1 heterocycles. The first kappa shape index (κ1) is 14.9. The number of amides is 2. The molecule has 0 aromatic carbocycles. The van der Waals surface area contributed by atoms with Crippen LogP contribution in [0.2, 0.25) is 0 Å². The fourth-order valence-electron chi connectivity index (χ4n) is 4.49. The molecule has 2 saturated carbocycles. The van der Waals surface area contributed by atoms with Crippen LogP contribution in [0.25, 0.3) is 0 Å². The summed E-state index contributed by atoms with van der Waals surface area (Å²) in [6.45, 7) is 4.91. The summed E-state index contributed by atoms with van der Waals surface area (Å²) in [6.07, 6.45) is 9.77. The Morgan fingerprint density at radius 2 is 1.62 bits per heavy atom. The van der Waals surface area contributed by atoms with Crippen LogP contribution in [0.3, 0.4) is 0 Å². The van der Waals surface area contributed by atoms with Crippen molar-refractivity contribution in [3.8, 4) is 0 Å². The average molecular weight is 292 g/mol. The van der Waals surface area contributed by atoms with Gasteiger partial charge in [0.25, 0.3) is 0 Å². The highest BCUT2D eigenvalue weighted by Gasteiger charge is 2.51. The van der Waals surface area contributed by atoms with Gasteiger partial charge in [-0.2, -0.15) is 0 Å². The fourth-order valence-corrected chi connectivity index (χ4v) is 4.49. The van der Waals surface area contributed by atoms with Gasteiger partial charge in [-0.25, -0.2) is 0 Å². The molecule has 1 saturated heterocycles. The first-order chi connectivity index (χ1) is 9.96. The number of carbonyl (C=O) groups is 2. The molecule has 1 spiro atoms. The second-order valence-electron chi connectivity index (χ2n) is 7.76. The van der Waals surface area contributed by atoms with Crippen molar-refractivity contribution < 1.29 is 9.59 Å². The predicted octanol–water partition coefficient (Wildman–Crippen LogP) is 2.62. The SMILES string of the molecule is CC1C(=O)NC2(CCCCC2)C(=O)N1CC1(C)CCCC1. The monoisotopic (exact) mass is 292 g/mol. The summed E-state index contributed by atoms with van der Waals surface area (Å²) in [5.41, 5.74) is -0.381. The molecule has 0 radical (unpaired) electrons. The summed E-state index contributed by atoms with van der Waals surface area (Å²) in [7, 11) is 0. The Hall–Kier alpha value is -1.06. The third-order valence-electron chi connectivity index (χ3n) is 5.95. The molecule has 3 fully saturated rings. The molecular weight excluding hydrogens is 264 g/mol. The molecule has 1 aliphatic heterocycles. The molecule has 3 rings (SSSR count). The summed E-state index contributed by atoms with van der Waals surface area (Å²) in [5.74, 6) is 0.223. The van der Waals surface area contributed by atoms with Crippen molar-refractivity contribution in [1.29, 1.82) is 0 Å². The van der Waals surface area contributed by atoms with Gasteiger partial charge in [-0.3, -0.25) is 9.59 Å². The summed E-state index contributed by atoms with van der Waals surface area (Å²) < 4.78 is 0. The Morgan fingerprint density at radius 1 is 1.05 bits per heavy atom. The molecule has 0 bridgehead atoms. The van der Waals surface area contributed by atoms with Crippen LogP contribution in [0.4, 0.5) is 0 Å². The van der Waals surface area contributed by atoms with E-state index >= 15 is 0 Å². The minimum atomic E-state index is -0.587. The first-order valence-corrected chi connectivity index (χ1v) is 8.59. The van der Waals surface area contributed by atoms with E-state index in [-0.39, 0.29) is 23.3 Å². The van der Waals surface area contributed by atoms with E-state index in [1.165, 1.54) is 32.1 Å². The van der Waals surface area contributed by atoms with Crippen LogP contribution in [-0.4, -0.2) is 34.8 Å². The van der Waals surface area contributed by atoms with Gasteiger partial charge >= 0.3 is 0 Å². The molecule has 4 heteroatoms. The highest BCUT2D eigenvalue weighted by molar-refractivity contribution is 5.99. The lowest BCUT2D eigenvalue weighted by Crippen LogP contribution is -2.71. The molecule has 3 aliphatic rings. The number of hydrogen-bond donors (Lipinski definition) is 1. The van der Waals surface area contributed by atoms with Crippen LogP contribution < -0.4 is 5.32 Å². The normalized spacial score (nSPS) is 31.5. The maximum atomic E-state index is 13.1. The van der Waals surface area contributed by atoms with Crippen molar-refractivity contribution >= 4 is 11.8 Å². The Kier molecular flexibility index (Phi) is 3.74. The lowest BCUT2D eigenvalue weighted by Gasteiger charge is -2.48. The van der Waals surface area contributed by atoms with E-state index in [0.29, 0.717) is 0 Å². The fraction of sp³-hybridized carbons (Fsp3) is 0.882. The Bertz CT molecular complexity index is 434. The van der Waals surface area contributed by atoms with E-state index in [1.54, 1.807) is 0 Å². The standard InChI is InChI=1S/C17H28N2O2/c1-13-14(20)18-17(10-4-3-5-11-17)15(21)19(13)12-16(2)8-6-7-9-16/h13H,3-12H2,1-2H3,(H,18,20). The molecule has 0 aromatic rings. The lowest BCUT2D eigenvalue weighted by molar-refractivity contribution is -0.157. The topological polar surface area (TPSA) is 49.4 Å². The van der Waals surface area contributed by atoms with E-state index in [1.807, 2.05) is 11.8 Å². The third-order valence-corrected chi connectivity index (χ3v) is 5.95. The van der Waals surface area contributed by atoms with Crippen LogP contribution in [0.1, 0.15) is 71.6 Å². The van der Waals surface area contributed by atoms with Crippen molar-refractivity contribution in [2.75, 3.05) is 6.54 Å². The summed E-state index contributed by atoms with van der Waals surface area (Å²) in [5, 5.41) is 3.07. The van der Waals surface area contributed by atoms with Crippen LogP contribution in [-0.2, 0) is 9.59 Å². The zero-order valence-electron chi connectivity index (χ0n) is 13.4. The quantitative estimate of drug-likeness (QED) is 0.850. The molecule has 1 atom stereocenters. The number of hydrogen-bond acceptors (Lipinski definition) is 2. The third kappa shape index (κ3) is 2.58. The van der Waals surface area contributed by atoms with Gasteiger partial charge in [-0.1, -0.05) is 39.0 Å². The minimum absolute atomic E-state index is 0.0399. The maximum absolute atomic E-state index is 13.1. The Morgan fingerprint density at radius 3 is 2.24 bits per heavy atom. The van der Waals surface area contributed by atoms with Gasteiger partial charge in [0.1, 0.15) is 11.6 Å². The molecule has 1 unspecified atom stereocenters. The van der Waals surface area contributed by atoms with Gasteiger partial charge in [-0.15, -0.1) is 0 Å². The van der Waals surface area contributed by atoms with Gasteiger partial charge in [-0.05, 0) is 38.0 Å². The van der Waals surface area contributed by atoms with Crippen molar-refractivity contribution in [1.82, 2.24) is 10.2 Å². The smallest absolute Gasteiger partial charge is 0.249 e. The first-order valence-electron chi connectivity index (χ1n) is 8.59. The summed E-state index contributed by atoms with van der Waals surface area (Å²) in [6, 6.07) is -0.317. The predicted molar refractivity (Wildman–Crippen MR) is 81.7 cm³/mol. The van der Waals surface area contributed by atoms with Crippen molar-refractivity contribution in [2.24, 2.45) is 5.41 Å². The highest BCUT2D eigenvalue weighted by Crippen LogP contribution is 2.40. The summed E-state index contributed by atoms with van der Waals surface area (Å²) in [4.78, 5) is 27.4. The molecule has 0 aromatic heterocycles. The second-order valence-corrected chi connectivity index (χ2v) is 7.76. The molecule has 118 valence electrons. The van der Waals surface area contributed by atoms with Gasteiger partial charge < -0.3 is 10.2 Å². The molecule has 1 N–H and O–H groups in total. The molecular formula is C17H28N2O2. The number of nitrogens with one attached hydrogen (secondary N) is 1. The van der Waals surface area contributed by atoms with Crippen molar-refractivity contribution in [2.45, 2.75) is 83.2 Å². The number of piperazine rings is 1. The van der Waals surface area contributed by atoms with Gasteiger partial charge in [0.2, 0.25) is 11.8 Å².